The molecule has 0 heterocycles. The zero-order valence-electron chi connectivity index (χ0n) is 9.29. The Hall–Kier alpha value is -1.45. The van der Waals surface area contributed by atoms with Crippen LogP contribution in [-0.4, -0.2) is 0 Å². The van der Waals surface area contributed by atoms with Gasteiger partial charge in [0.25, 0.3) is 0 Å². The van der Waals surface area contributed by atoms with Crippen molar-refractivity contribution in [2.75, 3.05) is 5.73 Å². The second kappa shape index (κ2) is 5.46. The number of rotatable bonds is 3. The molecule has 0 radical (unpaired) electrons. The number of hydrogen-bond acceptors (Lipinski definition) is 2. The lowest BCUT2D eigenvalue weighted by Crippen LogP contribution is -1.98. The van der Waals surface area contributed by atoms with E-state index in [1.807, 2.05) is 0 Å². The highest BCUT2D eigenvalue weighted by molar-refractivity contribution is 6.32. The van der Waals surface area contributed by atoms with Gasteiger partial charge < -0.3 is 10.5 Å². The van der Waals surface area contributed by atoms with Gasteiger partial charge in [-0.05, 0) is 36.4 Å². The normalized spacial score (nSPS) is 10.4. The summed E-state index contributed by atoms with van der Waals surface area (Å²) in [4.78, 5) is 0. The topological polar surface area (TPSA) is 35.2 Å². The standard InChI is InChI=1S/C13H10Cl2FNO/c14-11-3-1-9(16)5-8(11)7-18-13-4-2-10(17)6-12(13)15/h1-6H,7,17H2. The predicted octanol–water partition coefficient (Wildman–Crippen LogP) is 4.29. The number of hydrogen-bond donors (Lipinski definition) is 1. The molecule has 0 atom stereocenters. The van der Waals surface area contributed by atoms with Gasteiger partial charge in [-0.15, -0.1) is 0 Å². The average molecular weight is 286 g/mol. The summed E-state index contributed by atoms with van der Waals surface area (Å²) < 4.78 is 18.5. The van der Waals surface area contributed by atoms with Crippen molar-refractivity contribution in [2.45, 2.75) is 6.61 Å². The van der Waals surface area contributed by atoms with E-state index in [0.29, 0.717) is 27.0 Å². The van der Waals surface area contributed by atoms with Crippen LogP contribution in [0.5, 0.6) is 5.75 Å². The third-order valence-electron chi connectivity index (χ3n) is 2.35. The fourth-order valence-electron chi connectivity index (χ4n) is 1.44. The Morgan fingerprint density at radius 3 is 2.56 bits per heavy atom. The number of nitrogen functional groups attached to an aromatic ring is 1. The van der Waals surface area contributed by atoms with Crippen LogP contribution in [-0.2, 0) is 6.61 Å². The third kappa shape index (κ3) is 3.06. The van der Waals surface area contributed by atoms with Crippen molar-refractivity contribution in [3.63, 3.8) is 0 Å². The number of nitrogens with two attached hydrogens (primary N) is 1. The number of halogens is 3. The van der Waals surface area contributed by atoms with E-state index >= 15 is 0 Å². The van der Waals surface area contributed by atoms with E-state index in [1.54, 1.807) is 18.2 Å². The first-order valence-electron chi connectivity index (χ1n) is 5.18. The molecule has 0 aromatic heterocycles. The quantitative estimate of drug-likeness (QED) is 0.854. The fourth-order valence-corrected chi connectivity index (χ4v) is 1.86. The van der Waals surface area contributed by atoms with E-state index in [1.165, 1.54) is 18.2 Å². The van der Waals surface area contributed by atoms with Crippen LogP contribution in [0.25, 0.3) is 0 Å². The summed E-state index contributed by atoms with van der Waals surface area (Å²) in [5.74, 6) is 0.118. The van der Waals surface area contributed by atoms with Gasteiger partial charge in [0.05, 0.1) is 5.02 Å². The largest absolute Gasteiger partial charge is 0.487 e. The highest BCUT2D eigenvalue weighted by Gasteiger charge is 2.06. The molecule has 0 saturated heterocycles. The summed E-state index contributed by atoms with van der Waals surface area (Å²) in [6, 6.07) is 9.03. The first-order chi connectivity index (χ1) is 8.56. The Morgan fingerprint density at radius 2 is 1.83 bits per heavy atom. The molecule has 2 nitrogen and oxygen atoms in total. The van der Waals surface area contributed by atoms with Crippen molar-refractivity contribution in [3.8, 4) is 5.75 Å². The van der Waals surface area contributed by atoms with Crippen LogP contribution in [0.15, 0.2) is 36.4 Å². The highest BCUT2D eigenvalue weighted by atomic mass is 35.5. The van der Waals surface area contributed by atoms with Crippen LogP contribution in [0.2, 0.25) is 10.0 Å². The lowest BCUT2D eigenvalue weighted by Gasteiger charge is -2.09. The first-order valence-corrected chi connectivity index (χ1v) is 5.93. The van der Waals surface area contributed by atoms with Crippen LogP contribution in [0.4, 0.5) is 10.1 Å². The SMILES string of the molecule is Nc1ccc(OCc2cc(F)ccc2Cl)c(Cl)c1. The maximum absolute atomic E-state index is 13.0. The average Bonchev–Trinajstić information content (AvgIpc) is 2.32. The molecule has 0 saturated carbocycles. The van der Waals surface area contributed by atoms with Crippen LogP contribution >= 0.6 is 23.2 Å². The molecular formula is C13H10Cl2FNO. The van der Waals surface area contributed by atoms with Gasteiger partial charge in [-0.1, -0.05) is 23.2 Å². The minimum Gasteiger partial charge on any atom is -0.487 e. The van der Waals surface area contributed by atoms with Gasteiger partial charge in [0.2, 0.25) is 0 Å². The molecule has 2 rings (SSSR count). The Balaban J connectivity index is 2.13. The molecule has 5 heteroatoms. The van der Waals surface area contributed by atoms with Crippen molar-refractivity contribution < 1.29 is 9.13 Å². The zero-order chi connectivity index (χ0) is 13.1. The van der Waals surface area contributed by atoms with E-state index in [2.05, 4.69) is 0 Å². The van der Waals surface area contributed by atoms with E-state index < -0.39 is 0 Å². The van der Waals surface area contributed by atoms with E-state index in [0.717, 1.165) is 0 Å². The minimum atomic E-state index is -0.360. The molecule has 2 aromatic rings. The van der Waals surface area contributed by atoms with Crippen molar-refractivity contribution in [1.29, 1.82) is 0 Å². The summed E-state index contributed by atoms with van der Waals surface area (Å²) in [7, 11) is 0. The first kappa shape index (κ1) is 13.0. The molecule has 0 aliphatic carbocycles. The van der Waals surface area contributed by atoms with E-state index in [4.69, 9.17) is 33.7 Å². The van der Waals surface area contributed by atoms with Gasteiger partial charge in [0.1, 0.15) is 18.2 Å². The molecule has 18 heavy (non-hydrogen) atoms. The van der Waals surface area contributed by atoms with Gasteiger partial charge in [0.15, 0.2) is 0 Å². The van der Waals surface area contributed by atoms with Crippen molar-refractivity contribution >= 4 is 28.9 Å². The molecular weight excluding hydrogens is 276 g/mol. The third-order valence-corrected chi connectivity index (χ3v) is 3.01. The Bertz CT molecular complexity index is 575. The molecule has 0 amide bonds. The number of benzene rings is 2. The second-order valence-corrected chi connectivity index (χ2v) is 4.53. The van der Waals surface area contributed by atoms with Gasteiger partial charge >= 0.3 is 0 Å². The molecule has 0 fully saturated rings. The van der Waals surface area contributed by atoms with E-state index in [9.17, 15) is 4.39 Å². The van der Waals surface area contributed by atoms with Gasteiger partial charge in [-0.2, -0.15) is 0 Å². The number of anilines is 1. The fraction of sp³-hybridized carbons (Fsp3) is 0.0769. The van der Waals surface area contributed by atoms with Crippen LogP contribution < -0.4 is 10.5 Å². The minimum absolute atomic E-state index is 0.139. The lowest BCUT2D eigenvalue weighted by molar-refractivity contribution is 0.306. The Kier molecular flexibility index (Phi) is 3.94. The van der Waals surface area contributed by atoms with Crippen LogP contribution in [0.1, 0.15) is 5.56 Å². The molecule has 2 aromatic carbocycles. The summed E-state index contributed by atoms with van der Waals surface area (Å²) in [5, 5.41) is 0.852. The van der Waals surface area contributed by atoms with Crippen molar-refractivity contribution in [1.82, 2.24) is 0 Å². The van der Waals surface area contributed by atoms with Crippen LogP contribution in [0.3, 0.4) is 0 Å². The predicted molar refractivity (Wildman–Crippen MR) is 71.6 cm³/mol. The molecule has 0 unspecified atom stereocenters. The molecule has 0 bridgehead atoms. The molecule has 0 aliphatic rings. The monoisotopic (exact) mass is 285 g/mol. The molecule has 0 aliphatic heterocycles. The molecule has 94 valence electrons. The number of ether oxygens (including phenoxy) is 1. The summed E-state index contributed by atoms with van der Waals surface area (Å²) >= 11 is 11.9. The highest BCUT2D eigenvalue weighted by Crippen LogP contribution is 2.28. The summed E-state index contributed by atoms with van der Waals surface area (Å²) in [6.45, 7) is 0.139. The van der Waals surface area contributed by atoms with Gasteiger partial charge in [-0.25, -0.2) is 4.39 Å². The van der Waals surface area contributed by atoms with Crippen molar-refractivity contribution in [2.24, 2.45) is 0 Å². The lowest BCUT2D eigenvalue weighted by atomic mass is 10.2. The Labute approximate surface area is 114 Å². The zero-order valence-corrected chi connectivity index (χ0v) is 10.8. The van der Waals surface area contributed by atoms with Gasteiger partial charge in [0, 0.05) is 16.3 Å². The Morgan fingerprint density at radius 1 is 1.06 bits per heavy atom. The summed E-state index contributed by atoms with van der Waals surface area (Å²) in [6.07, 6.45) is 0. The molecule has 2 N–H and O–H groups in total. The smallest absolute Gasteiger partial charge is 0.138 e. The second-order valence-electron chi connectivity index (χ2n) is 3.71. The molecule has 0 spiro atoms. The summed E-state index contributed by atoms with van der Waals surface area (Å²) in [5.41, 5.74) is 6.68. The maximum Gasteiger partial charge on any atom is 0.138 e. The van der Waals surface area contributed by atoms with Gasteiger partial charge in [-0.3, -0.25) is 0 Å². The maximum atomic E-state index is 13.0. The van der Waals surface area contributed by atoms with Crippen LogP contribution in [0, 0.1) is 5.82 Å². The van der Waals surface area contributed by atoms with E-state index in [-0.39, 0.29) is 12.4 Å². The van der Waals surface area contributed by atoms with Crippen molar-refractivity contribution in [3.05, 3.63) is 57.8 Å².